The number of hydrazone groups is 1. The van der Waals surface area contributed by atoms with Crippen molar-refractivity contribution in [2.75, 3.05) is 22.8 Å². The van der Waals surface area contributed by atoms with E-state index in [-0.39, 0.29) is 17.4 Å². The van der Waals surface area contributed by atoms with Crippen LogP contribution in [0.3, 0.4) is 0 Å². The van der Waals surface area contributed by atoms with Crippen molar-refractivity contribution in [3.05, 3.63) is 119 Å². The highest BCUT2D eigenvalue weighted by molar-refractivity contribution is 7.92. The third-order valence-electron chi connectivity index (χ3n) is 6.02. The number of sulfonamides is 1. The summed E-state index contributed by atoms with van der Waals surface area (Å²) >= 11 is 5.93. The van der Waals surface area contributed by atoms with E-state index < -0.39 is 22.5 Å². The van der Waals surface area contributed by atoms with Crippen LogP contribution in [0.25, 0.3) is 0 Å². The summed E-state index contributed by atoms with van der Waals surface area (Å²) in [6.45, 7) is 1.26. The van der Waals surface area contributed by atoms with Crippen molar-refractivity contribution in [2.45, 2.75) is 18.2 Å². The molecule has 2 amide bonds. The predicted octanol–water partition coefficient (Wildman–Crippen LogP) is 5.27. The number of halogens is 1. The topological polar surface area (TPSA) is 117 Å². The fraction of sp³-hybridized carbons (Fsp3) is 0.129. The molecule has 4 aromatic carbocycles. The number of hydrogen-bond donors (Lipinski definition) is 2. The largest absolute Gasteiger partial charge is 0.484 e. The lowest BCUT2D eigenvalue weighted by atomic mass is 10.1. The first-order valence-electron chi connectivity index (χ1n) is 13.0. The van der Waals surface area contributed by atoms with Crippen molar-refractivity contribution in [3.8, 4) is 5.75 Å². The van der Waals surface area contributed by atoms with Gasteiger partial charge in [0.25, 0.3) is 21.8 Å². The SMILES string of the molecule is CCc1ccccc1N(CC(=O)N/N=C\c1ccc(OCC(=O)Nc2cccc(Cl)c2)cc1)S(=O)(=O)c1ccccc1. The van der Waals surface area contributed by atoms with Crippen LogP contribution in [0.1, 0.15) is 18.1 Å². The first-order valence-corrected chi connectivity index (χ1v) is 14.8. The van der Waals surface area contributed by atoms with Crippen LogP contribution >= 0.6 is 11.6 Å². The van der Waals surface area contributed by atoms with Gasteiger partial charge in [-0.05, 0) is 78.2 Å². The summed E-state index contributed by atoms with van der Waals surface area (Å²) in [5.74, 6) is -0.480. The van der Waals surface area contributed by atoms with Crippen molar-refractivity contribution in [1.29, 1.82) is 0 Å². The molecule has 11 heteroatoms. The molecule has 0 aliphatic rings. The number of nitrogens with one attached hydrogen (secondary N) is 2. The van der Waals surface area contributed by atoms with E-state index >= 15 is 0 Å². The third-order valence-corrected chi connectivity index (χ3v) is 8.03. The van der Waals surface area contributed by atoms with Gasteiger partial charge in [-0.1, -0.05) is 61.0 Å². The van der Waals surface area contributed by atoms with Crippen molar-refractivity contribution < 1.29 is 22.7 Å². The number of amides is 2. The first kappa shape index (κ1) is 30.3. The average Bonchev–Trinajstić information content (AvgIpc) is 3.00. The maximum Gasteiger partial charge on any atom is 0.264 e. The molecule has 0 aliphatic carbocycles. The monoisotopic (exact) mass is 604 g/mol. The zero-order valence-electron chi connectivity index (χ0n) is 22.7. The lowest BCUT2D eigenvalue weighted by Gasteiger charge is -2.25. The van der Waals surface area contributed by atoms with Gasteiger partial charge in [0.1, 0.15) is 12.3 Å². The molecule has 9 nitrogen and oxygen atoms in total. The number of ether oxygens (including phenoxy) is 1. The van der Waals surface area contributed by atoms with Gasteiger partial charge in [-0.15, -0.1) is 0 Å². The van der Waals surface area contributed by atoms with E-state index in [1.54, 1.807) is 78.9 Å². The first-order chi connectivity index (χ1) is 20.3. The molecule has 0 aliphatic heterocycles. The van der Waals surface area contributed by atoms with Gasteiger partial charge in [-0.2, -0.15) is 5.10 Å². The van der Waals surface area contributed by atoms with Crippen LogP contribution in [0, 0.1) is 0 Å². The second kappa shape index (κ2) is 14.3. The van der Waals surface area contributed by atoms with Crippen LogP contribution in [-0.4, -0.2) is 39.6 Å². The molecule has 0 saturated heterocycles. The number of hydrogen-bond acceptors (Lipinski definition) is 6. The van der Waals surface area contributed by atoms with Crippen LogP contribution in [0.2, 0.25) is 5.02 Å². The lowest BCUT2D eigenvalue weighted by Crippen LogP contribution is -2.40. The molecule has 42 heavy (non-hydrogen) atoms. The van der Waals surface area contributed by atoms with E-state index in [4.69, 9.17) is 16.3 Å². The molecule has 0 spiro atoms. The fourth-order valence-corrected chi connectivity index (χ4v) is 5.65. The van der Waals surface area contributed by atoms with Gasteiger partial charge in [0.2, 0.25) is 0 Å². The fourth-order valence-electron chi connectivity index (χ4n) is 3.98. The summed E-state index contributed by atoms with van der Waals surface area (Å²) in [7, 11) is -4.02. The second-order valence-corrected chi connectivity index (χ2v) is 11.3. The van der Waals surface area contributed by atoms with Crippen LogP contribution in [-0.2, 0) is 26.0 Å². The number of nitrogens with zero attached hydrogens (tertiary/aromatic N) is 2. The Morgan fingerprint density at radius 2 is 1.62 bits per heavy atom. The highest BCUT2D eigenvalue weighted by atomic mass is 35.5. The maximum atomic E-state index is 13.5. The van der Waals surface area contributed by atoms with E-state index in [1.165, 1.54) is 18.3 Å². The van der Waals surface area contributed by atoms with Crippen LogP contribution in [0.4, 0.5) is 11.4 Å². The molecule has 4 rings (SSSR count). The summed E-state index contributed by atoms with van der Waals surface area (Å²) in [5, 5.41) is 7.19. The van der Waals surface area contributed by atoms with Gasteiger partial charge in [0.05, 0.1) is 16.8 Å². The normalized spacial score (nSPS) is 11.2. The Hall–Kier alpha value is -4.67. The summed E-state index contributed by atoms with van der Waals surface area (Å²) in [6, 6.07) is 28.6. The number of carbonyl (C=O) groups excluding carboxylic acids is 2. The van der Waals surface area contributed by atoms with Crippen molar-refractivity contribution in [1.82, 2.24) is 5.43 Å². The van der Waals surface area contributed by atoms with Crippen LogP contribution in [0.15, 0.2) is 113 Å². The molecule has 0 unspecified atom stereocenters. The Morgan fingerprint density at radius 1 is 0.905 bits per heavy atom. The minimum Gasteiger partial charge on any atom is -0.484 e. The van der Waals surface area contributed by atoms with E-state index in [0.29, 0.717) is 34.1 Å². The van der Waals surface area contributed by atoms with E-state index in [9.17, 15) is 18.0 Å². The second-order valence-electron chi connectivity index (χ2n) is 9.02. The summed E-state index contributed by atoms with van der Waals surface area (Å²) in [5.41, 5.74) is 4.84. The summed E-state index contributed by atoms with van der Waals surface area (Å²) in [6.07, 6.45) is 2.01. The Morgan fingerprint density at radius 3 is 2.33 bits per heavy atom. The number of para-hydroxylation sites is 1. The summed E-state index contributed by atoms with van der Waals surface area (Å²) < 4.78 is 33.7. The molecule has 216 valence electrons. The highest BCUT2D eigenvalue weighted by Crippen LogP contribution is 2.27. The Balaban J connectivity index is 1.36. The third kappa shape index (κ3) is 8.18. The molecule has 0 aromatic heterocycles. The number of aryl methyl sites for hydroxylation is 1. The van der Waals surface area contributed by atoms with Crippen molar-refractivity contribution >= 4 is 51.0 Å². The number of rotatable bonds is 12. The van der Waals surface area contributed by atoms with Crippen LogP contribution < -0.4 is 19.8 Å². The average molecular weight is 605 g/mol. The minimum atomic E-state index is -4.02. The summed E-state index contributed by atoms with van der Waals surface area (Å²) in [4.78, 5) is 25.1. The molecule has 2 N–H and O–H groups in total. The standard InChI is InChI=1S/C31H29ClN4O5S/c1-2-24-9-6-7-14-29(24)36(42(39,40)28-12-4-3-5-13-28)21-30(37)35-33-20-23-15-17-27(18-16-23)41-22-31(38)34-26-11-8-10-25(32)19-26/h3-20H,2,21-22H2,1H3,(H,34,38)(H,35,37)/b33-20-. The van der Waals surface area contributed by atoms with Gasteiger partial charge in [0.15, 0.2) is 6.61 Å². The molecule has 0 saturated carbocycles. The van der Waals surface area contributed by atoms with Gasteiger partial charge in [-0.25, -0.2) is 13.8 Å². The van der Waals surface area contributed by atoms with E-state index in [0.717, 1.165) is 9.87 Å². The van der Waals surface area contributed by atoms with Crippen molar-refractivity contribution in [2.24, 2.45) is 5.10 Å². The smallest absolute Gasteiger partial charge is 0.264 e. The van der Waals surface area contributed by atoms with Crippen LogP contribution in [0.5, 0.6) is 5.75 Å². The Kier molecular flexibility index (Phi) is 10.3. The quantitative estimate of drug-likeness (QED) is 0.169. The molecule has 4 aromatic rings. The Bertz CT molecular complexity index is 1660. The van der Waals surface area contributed by atoms with E-state index in [2.05, 4.69) is 15.8 Å². The van der Waals surface area contributed by atoms with Gasteiger partial charge < -0.3 is 10.1 Å². The van der Waals surface area contributed by atoms with Gasteiger partial charge >= 0.3 is 0 Å². The molecule has 0 radical (unpaired) electrons. The number of benzene rings is 4. The maximum absolute atomic E-state index is 13.5. The number of carbonyl (C=O) groups is 2. The lowest BCUT2D eigenvalue weighted by molar-refractivity contribution is -0.119. The molecule has 0 fully saturated rings. The number of anilines is 2. The molecular weight excluding hydrogens is 576 g/mol. The zero-order chi connectivity index (χ0) is 30.0. The molecule has 0 bridgehead atoms. The minimum absolute atomic E-state index is 0.0801. The van der Waals surface area contributed by atoms with Gasteiger partial charge in [0, 0.05) is 10.7 Å². The predicted molar refractivity (Wildman–Crippen MR) is 165 cm³/mol. The van der Waals surface area contributed by atoms with E-state index in [1.807, 2.05) is 19.1 Å². The molecule has 0 atom stereocenters. The Labute approximate surface area is 249 Å². The molecular formula is C31H29ClN4O5S. The highest BCUT2D eigenvalue weighted by Gasteiger charge is 2.28. The molecule has 0 heterocycles. The zero-order valence-corrected chi connectivity index (χ0v) is 24.3. The van der Waals surface area contributed by atoms with Crippen molar-refractivity contribution in [3.63, 3.8) is 0 Å². The van der Waals surface area contributed by atoms with Gasteiger partial charge in [-0.3, -0.25) is 13.9 Å².